The molecule has 0 aliphatic heterocycles. The van der Waals surface area contributed by atoms with E-state index >= 15 is 0 Å². The van der Waals surface area contributed by atoms with E-state index in [1.54, 1.807) is 6.92 Å². The van der Waals surface area contributed by atoms with Crippen LogP contribution in [0.15, 0.2) is 36.4 Å². The SMILES string of the molecule is C[C@@H](O)c1ccc2ccccc2c1OCCCCC#N. The quantitative estimate of drug-likeness (QED) is 0.807. The molecule has 20 heavy (non-hydrogen) atoms. The molecule has 0 saturated heterocycles. The molecule has 1 N–H and O–H groups in total. The monoisotopic (exact) mass is 269 g/mol. The van der Waals surface area contributed by atoms with Crippen molar-refractivity contribution in [3.63, 3.8) is 0 Å². The number of unbranched alkanes of at least 4 members (excludes halogenated alkanes) is 2. The molecule has 0 spiro atoms. The molecular weight excluding hydrogens is 250 g/mol. The Morgan fingerprint density at radius 3 is 2.75 bits per heavy atom. The zero-order valence-electron chi connectivity index (χ0n) is 11.7. The van der Waals surface area contributed by atoms with Crippen LogP contribution in [0.3, 0.4) is 0 Å². The lowest BCUT2D eigenvalue weighted by Crippen LogP contribution is -2.03. The van der Waals surface area contributed by atoms with Crippen molar-refractivity contribution in [1.82, 2.24) is 0 Å². The predicted molar refractivity (Wildman–Crippen MR) is 79.5 cm³/mol. The zero-order valence-corrected chi connectivity index (χ0v) is 11.7. The first-order chi connectivity index (χ1) is 9.74. The third kappa shape index (κ3) is 3.28. The first-order valence-electron chi connectivity index (χ1n) is 6.93. The summed E-state index contributed by atoms with van der Waals surface area (Å²) in [5.74, 6) is 0.759. The van der Waals surface area contributed by atoms with Crippen LogP contribution in [0.1, 0.15) is 37.9 Å². The van der Waals surface area contributed by atoms with E-state index in [0.717, 1.165) is 34.9 Å². The number of fused-ring (bicyclic) bond motifs is 1. The van der Waals surface area contributed by atoms with Crippen LogP contribution >= 0.6 is 0 Å². The summed E-state index contributed by atoms with van der Waals surface area (Å²) >= 11 is 0. The Morgan fingerprint density at radius 2 is 2.00 bits per heavy atom. The van der Waals surface area contributed by atoms with Crippen molar-refractivity contribution in [3.05, 3.63) is 42.0 Å². The molecule has 0 fully saturated rings. The van der Waals surface area contributed by atoms with E-state index in [9.17, 15) is 5.11 Å². The zero-order chi connectivity index (χ0) is 14.4. The van der Waals surface area contributed by atoms with Gasteiger partial charge in [-0.15, -0.1) is 0 Å². The minimum Gasteiger partial charge on any atom is -0.493 e. The Kier molecular flexibility index (Phi) is 4.97. The molecule has 104 valence electrons. The second-order valence-corrected chi connectivity index (χ2v) is 4.84. The summed E-state index contributed by atoms with van der Waals surface area (Å²) in [6.45, 7) is 2.31. The molecular formula is C17H19NO2. The third-order valence-electron chi connectivity index (χ3n) is 3.29. The average Bonchev–Trinajstić information content (AvgIpc) is 2.46. The Labute approximate surface area is 119 Å². The van der Waals surface area contributed by atoms with Crippen molar-refractivity contribution < 1.29 is 9.84 Å². The van der Waals surface area contributed by atoms with Gasteiger partial charge in [-0.25, -0.2) is 0 Å². The van der Waals surface area contributed by atoms with E-state index in [1.165, 1.54) is 0 Å². The van der Waals surface area contributed by atoms with Crippen LogP contribution in [0.5, 0.6) is 5.75 Å². The number of aliphatic hydroxyl groups excluding tert-OH is 1. The highest BCUT2D eigenvalue weighted by Crippen LogP contribution is 2.33. The second-order valence-electron chi connectivity index (χ2n) is 4.84. The molecule has 3 heteroatoms. The number of aliphatic hydroxyl groups is 1. The fraction of sp³-hybridized carbons (Fsp3) is 0.353. The van der Waals surface area contributed by atoms with Crippen molar-refractivity contribution in [2.75, 3.05) is 6.61 Å². The van der Waals surface area contributed by atoms with Crippen LogP contribution in [0.4, 0.5) is 0 Å². The van der Waals surface area contributed by atoms with Crippen molar-refractivity contribution in [3.8, 4) is 11.8 Å². The van der Waals surface area contributed by atoms with Gasteiger partial charge in [0, 0.05) is 17.4 Å². The molecule has 0 saturated carbocycles. The van der Waals surface area contributed by atoms with Crippen molar-refractivity contribution in [2.24, 2.45) is 0 Å². The Balaban J connectivity index is 2.23. The lowest BCUT2D eigenvalue weighted by Gasteiger charge is -2.16. The minimum atomic E-state index is -0.561. The first kappa shape index (κ1) is 14.4. The molecule has 0 amide bonds. The first-order valence-corrected chi connectivity index (χ1v) is 6.93. The average molecular weight is 269 g/mol. The number of nitriles is 1. The summed E-state index contributed by atoms with van der Waals surface area (Å²) in [6, 6.07) is 14.0. The molecule has 3 nitrogen and oxygen atoms in total. The summed E-state index contributed by atoms with van der Waals surface area (Å²) in [6.07, 6.45) is 1.68. The number of benzene rings is 2. The fourth-order valence-corrected chi connectivity index (χ4v) is 2.23. The van der Waals surface area contributed by atoms with Gasteiger partial charge in [0.25, 0.3) is 0 Å². The summed E-state index contributed by atoms with van der Waals surface area (Å²) in [5.41, 5.74) is 0.809. The summed E-state index contributed by atoms with van der Waals surface area (Å²) < 4.78 is 5.89. The second kappa shape index (κ2) is 6.93. The molecule has 0 aromatic heterocycles. The van der Waals surface area contributed by atoms with Gasteiger partial charge in [-0.3, -0.25) is 0 Å². The maximum atomic E-state index is 9.88. The number of hydrogen-bond donors (Lipinski definition) is 1. The lowest BCUT2D eigenvalue weighted by atomic mass is 10.0. The highest BCUT2D eigenvalue weighted by molar-refractivity contribution is 5.89. The molecule has 0 heterocycles. The normalized spacial score (nSPS) is 12.1. The van der Waals surface area contributed by atoms with Gasteiger partial charge in [0.15, 0.2) is 0 Å². The number of ether oxygens (including phenoxy) is 1. The highest BCUT2D eigenvalue weighted by atomic mass is 16.5. The molecule has 2 aromatic rings. The molecule has 0 radical (unpaired) electrons. The summed E-state index contributed by atoms with van der Waals surface area (Å²) in [4.78, 5) is 0. The van der Waals surface area contributed by atoms with Gasteiger partial charge in [-0.05, 0) is 25.2 Å². The summed E-state index contributed by atoms with van der Waals surface area (Å²) in [5, 5.41) is 20.5. The fourth-order valence-electron chi connectivity index (χ4n) is 2.23. The van der Waals surface area contributed by atoms with Crippen LogP contribution in [-0.4, -0.2) is 11.7 Å². The van der Waals surface area contributed by atoms with Crippen LogP contribution in [0.2, 0.25) is 0 Å². The van der Waals surface area contributed by atoms with E-state index in [0.29, 0.717) is 13.0 Å². The molecule has 2 aromatic carbocycles. The van der Waals surface area contributed by atoms with E-state index in [4.69, 9.17) is 10.00 Å². The van der Waals surface area contributed by atoms with E-state index in [2.05, 4.69) is 6.07 Å². The molecule has 2 rings (SSSR count). The van der Waals surface area contributed by atoms with Crippen LogP contribution in [0.25, 0.3) is 10.8 Å². The van der Waals surface area contributed by atoms with Crippen LogP contribution in [-0.2, 0) is 0 Å². The molecule has 0 unspecified atom stereocenters. The smallest absolute Gasteiger partial charge is 0.132 e. The van der Waals surface area contributed by atoms with E-state index < -0.39 is 6.10 Å². The minimum absolute atomic E-state index is 0.558. The molecule has 1 atom stereocenters. The Morgan fingerprint density at radius 1 is 1.20 bits per heavy atom. The number of nitrogens with zero attached hydrogens (tertiary/aromatic N) is 1. The molecule has 0 aliphatic carbocycles. The van der Waals surface area contributed by atoms with Crippen molar-refractivity contribution in [1.29, 1.82) is 5.26 Å². The predicted octanol–water partition coefficient (Wildman–Crippen LogP) is 3.97. The third-order valence-corrected chi connectivity index (χ3v) is 3.29. The van der Waals surface area contributed by atoms with Gasteiger partial charge >= 0.3 is 0 Å². The lowest BCUT2D eigenvalue weighted by molar-refractivity contribution is 0.191. The highest BCUT2D eigenvalue weighted by Gasteiger charge is 2.12. The van der Waals surface area contributed by atoms with E-state index in [-0.39, 0.29) is 0 Å². The van der Waals surface area contributed by atoms with Gasteiger partial charge in [-0.1, -0.05) is 36.4 Å². The Hall–Kier alpha value is -2.05. The van der Waals surface area contributed by atoms with Crippen molar-refractivity contribution in [2.45, 2.75) is 32.3 Å². The number of rotatable bonds is 6. The molecule has 0 bridgehead atoms. The van der Waals surface area contributed by atoms with Crippen molar-refractivity contribution >= 4 is 10.8 Å². The molecule has 0 aliphatic rings. The maximum Gasteiger partial charge on any atom is 0.132 e. The maximum absolute atomic E-state index is 9.88. The number of hydrogen-bond acceptors (Lipinski definition) is 3. The van der Waals surface area contributed by atoms with Gasteiger partial charge < -0.3 is 9.84 Å². The van der Waals surface area contributed by atoms with Gasteiger partial charge in [0.1, 0.15) is 5.75 Å². The van der Waals surface area contributed by atoms with Gasteiger partial charge in [0.2, 0.25) is 0 Å². The van der Waals surface area contributed by atoms with Crippen LogP contribution in [0, 0.1) is 11.3 Å². The van der Waals surface area contributed by atoms with Gasteiger partial charge in [0.05, 0.1) is 18.8 Å². The van der Waals surface area contributed by atoms with Crippen LogP contribution < -0.4 is 4.74 Å². The van der Waals surface area contributed by atoms with Gasteiger partial charge in [-0.2, -0.15) is 5.26 Å². The standard InChI is InChI=1S/C17H19NO2/c1-13(19)15-10-9-14-7-3-4-8-16(14)17(15)20-12-6-2-5-11-18/h3-4,7-10,13,19H,2,5-6,12H2,1H3/t13-/m1/s1. The largest absolute Gasteiger partial charge is 0.493 e. The Bertz CT molecular complexity index is 614. The topological polar surface area (TPSA) is 53.2 Å². The van der Waals surface area contributed by atoms with E-state index in [1.807, 2.05) is 36.4 Å². The summed E-state index contributed by atoms with van der Waals surface area (Å²) in [7, 11) is 0.